The summed E-state index contributed by atoms with van der Waals surface area (Å²) in [4.78, 5) is 35.4. The number of methoxy groups -OCH3 is 2. The number of carbonyl (C=O) groups is 3. The number of carbonyl (C=O) groups excluding carboxylic acids is 3. The lowest BCUT2D eigenvalue weighted by Crippen LogP contribution is -2.46. The molecule has 0 aromatic heterocycles. The van der Waals surface area contributed by atoms with Crippen molar-refractivity contribution in [2.45, 2.75) is 51.7 Å². The number of rotatable bonds is 3. The van der Waals surface area contributed by atoms with E-state index in [1.54, 1.807) is 20.8 Å². The number of hydrogen-bond acceptors (Lipinski definition) is 6. The van der Waals surface area contributed by atoms with Crippen LogP contribution >= 0.6 is 0 Å². The molecule has 7 nitrogen and oxygen atoms in total. The van der Waals surface area contributed by atoms with E-state index >= 15 is 0 Å². The predicted octanol–water partition coefficient (Wildman–Crippen LogP) is 1.64. The third-order valence-electron chi connectivity index (χ3n) is 3.50. The fraction of sp³-hybridized carbons (Fsp3) is 0.800. The summed E-state index contributed by atoms with van der Waals surface area (Å²) < 4.78 is 14.7. The van der Waals surface area contributed by atoms with E-state index in [1.807, 2.05) is 0 Å². The second kappa shape index (κ2) is 7.47. The van der Waals surface area contributed by atoms with E-state index in [0.29, 0.717) is 19.3 Å². The largest absolute Gasteiger partial charge is 0.469 e. The number of hydrogen-bond donors (Lipinski definition) is 1. The van der Waals surface area contributed by atoms with Gasteiger partial charge in [0.15, 0.2) is 0 Å². The second-order valence-electron chi connectivity index (χ2n) is 6.49. The summed E-state index contributed by atoms with van der Waals surface area (Å²) in [5.41, 5.74) is -0.609. The fourth-order valence-corrected chi connectivity index (χ4v) is 2.63. The SMILES string of the molecule is COC(=O)[C@@H]1CC(NC(=O)OC(C)(C)C)C[C@H](C(=O)OC)C1. The summed E-state index contributed by atoms with van der Waals surface area (Å²) in [6.45, 7) is 5.30. The highest BCUT2D eigenvalue weighted by Gasteiger charge is 2.38. The zero-order valence-corrected chi connectivity index (χ0v) is 13.8. The highest BCUT2D eigenvalue weighted by molar-refractivity contribution is 5.77. The first-order chi connectivity index (χ1) is 10.2. The molecule has 1 saturated carbocycles. The maximum Gasteiger partial charge on any atom is 0.407 e. The molecule has 1 unspecified atom stereocenters. The van der Waals surface area contributed by atoms with Crippen molar-refractivity contribution in [1.29, 1.82) is 0 Å². The third kappa shape index (κ3) is 5.54. The normalized spacial score (nSPS) is 25.0. The Morgan fingerprint density at radius 1 is 0.909 bits per heavy atom. The van der Waals surface area contributed by atoms with Crippen LogP contribution in [-0.2, 0) is 23.8 Å². The molecule has 1 amide bonds. The molecule has 0 spiro atoms. The topological polar surface area (TPSA) is 90.9 Å². The summed E-state index contributed by atoms with van der Waals surface area (Å²) >= 11 is 0. The first-order valence-electron chi connectivity index (χ1n) is 7.31. The average molecular weight is 315 g/mol. The molecule has 0 radical (unpaired) electrons. The van der Waals surface area contributed by atoms with E-state index in [-0.39, 0.29) is 18.0 Å². The van der Waals surface area contributed by atoms with Crippen LogP contribution in [0, 0.1) is 11.8 Å². The van der Waals surface area contributed by atoms with Crippen molar-refractivity contribution < 1.29 is 28.6 Å². The quantitative estimate of drug-likeness (QED) is 0.629. The number of amides is 1. The van der Waals surface area contributed by atoms with Gasteiger partial charge in [-0.15, -0.1) is 0 Å². The van der Waals surface area contributed by atoms with Crippen molar-refractivity contribution in [3.05, 3.63) is 0 Å². The van der Waals surface area contributed by atoms with E-state index in [2.05, 4.69) is 5.32 Å². The molecule has 0 bridgehead atoms. The van der Waals surface area contributed by atoms with Crippen LogP contribution in [0.3, 0.4) is 0 Å². The van der Waals surface area contributed by atoms with Crippen LogP contribution in [0.1, 0.15) is 40.0 Å². The first kappa shape index (κ1) is 18.3. The molecule has 0 aliphatic heterocycles. The molecule has 7 heteroatoms. The van der Waals surface area contributed by atoms with Crippen molar-refractivity contribution in [3.8, 4) is 0 Å². The first-order valence-corrected chi connectivity index (χ1v) is 7.31. The molecule has 0 aromatic rings. The number of ether oxygens (including phenoxy) is 3. The molecular weight excluding hydrogens is 290 g/mol. The van der Waals surface area contributed by atoms with Crippen LogP contribution < -0.4 is 5.32 Å². The molecule has 0 aromatic carbocycles. The van der Waals surface area contributed by atoms with Crippen LogP contribution in [0.4, 0.5) is 4.79 Å². The van der Waals surface area contributed by atoms with Crippen molar-refractivity contribution in [2.24, 2.45) is 11.8 Å². The van der Waals surface area contributed by atoms with Crippen LogP contribution in [0.2, 0.25) is 0 Å². The van der Waals surface area contributed by atoms with Crippen molar-refractivity contribution in [2.75, 3.05) is 14.2 Å². The minimum atomic E-state index is -0.609. The maximum absolute atomic E-state index is 11.9. The third-order valence-corrected chi connectivity index (χ3v) is 3.50. The van der Waals surface area contributed by atoms with Crippen LogP contribution in [0.5, 0.6) is 0 Å². The summed E-state index contributed by atoms with van der Waals surface area (Å²) in [5, 5.41) is 2.72. The summed E-state index contributed by atoms with van der Waals surface area (Å²) in [7, 11) is 2.61. The molecule has 22 heavy (non-hydrogen) atoms. The van der Waals surface area contributed by atoms with Gasteiger partial charge in [0.25, 0.3) is 0 Å². The molecule has 1 aliphatic carbocycles. The molecule has 1 N–H and O–H groups in total. The Bertz CT molecular complexity index is 404. The van der Waals surface area contributed by atoms with Gasteiger partial charge in [-0.05, 0) is 40.0 Å². The highest BCUT2D eigenvalue weighted by Crippen LogP contribution is 2.31. The van der Waals surface area contributed by atoms with Crippen LogP contribution in [0.15, 0.2) is 0 Å². The second-order valence-corrected chi connectivity index (χ2v) is 6.49. The Kier molecular flexibility index (Phi) is 6.20. The van der Waals surface area contributed by atoms with E-state index in [9.17, 15) is 14.4 Å². The molecule has 1 aliphatic rings. The summed E-state index contributed by atoms with van der Waals surface area (Å²) in [5.74, 6) is -1.65. The lowest BCUT2D eigenvalue weighted by atomic mass is 9.78. The summed E-state index contributed by atoms with van der Waals surface area (Å²) in [6.07, 6.45) is 0.636. The predicted molar refractivity (Wildman–Crippen MR) is 78.0 cm³/mol. The Balaban J connectivity index is 2.73. The number of alkyl carbamates (subject to hydrolysis) is 1. The van der Waals surface area contributed by atoms with E-state index < -0.39 is 23.5 Å². The van der Waals surface area contributed by atoms with Crippen molar-refractivity contribution in [1.82, 2.24) is 5.32 Å². The lowest BCUT2D eigenvalue weighted by Gasteiger charge is -2.33. The van der Waals surface area contributed by atoms with Crippen molar-refractivity contribution >= 4 is 18.0 Å². The fourth-order valence-electron chi connectivity index (χ4n) is 2.63. The molecule has 0 heterocycles. The number of esters is 2. The molecule has 3 atom stereocenters. The minimum absolute atomic E-state index is 0.336. The van der Waals surface area contributed by atoms with Gasteiger partial charge in [-0.25, -0.2) is 4.79 Å². The summed E-state index contributed by atoms with van der Waals surface area (Å²) in [6, 6.07) is -0.336. The molecule has 1 rings (SSSR count). The monoisotopic (exact) mass is 315 g/mol. The van der Waals surface area contributed by atoms with E-state index in [4.69, 9.17) is 14.2 Å². The zero-order valence-electron chi connectivity index (χ0n) is 13.8. The Morgan fingerprint density at radius 3 is 1.73 bits per heavy atom. The van der Waals surface area contributed by atoms with Crippen LogP contribution in [0.25, 0.3) is 0 Å². The zero-order chi connectivity index (χ0) is 16.9. The average Bonchev–Trinajstić information content (AvgIpc) is 2.42. The molecule has 0 saturated heterocycles. The number of nitrogens with one attached hydrogen (secondary N) is 1. The molecule has 126 valence electrons. The van der Waals surface area contributed by atoms with Gasteiger partial charge in [-0.3, -0.25) is 9.59 Å². The Hall–Kier alpha value is -1.79. The van der Waals surface area contributed by atoms with Gasteiger partial charge in [-0.1, -0.05) is 0 Å². The van der Waals surface area contributed by atoms with Gasteiger partial charge < -0.3 is 19.5 Å². The molecule has 1 fully saturated rings. The van der Waals surface area contributed by atoms with Crippen LogP contribution in [-0.4, -0.2) is 43.9 Å². The lowest BCUT2D eigenvalue weighted by molar-refractivity contribution is -0.152. The van der Waals surface area contributed by atoms with Gasteiger partial charge in [0.05, 0.1) is 26.1 Å². The maximum atomic E-state index is 11.9. The van der Waals surface area contributed by atoms with Gasteiger partial charge in [0.1, 0.15) is 5.60 Å². The van der Waals surface area contributed by atoms with E-state index in [1.165, 1.54) is 14.2 Å². The Morgan fingerprint density at radius 2 is 1.36 bits per heavy atom. The minimum Gasteiger partial charge on any atom is -0.469 e. The van der Waals surface area contributed by atoms with E-state index in [0.717, 1.165) is 0 Å². The van der Waals surface area contributed by atoms with Gasteiger partial charge in [-0.2, -0.15) is 0 Å². The standard InChI is InChI=1S/C15H25NO6/c1-15(2,3)22-14(19)16-11-7-9(12(17)20-4)6-10(8-11)13(18)21-5/h9-11H,6-8H2,1-5H3,(H,16,19)/t9-,10+,11?. The van der Waals surface area contributed by atoms with Gasteiger partial charge >= 0.3 is 18.0 Å². The smallest absolute Gasteiger partial charge is 0.407 e. The van der Waals surface area contributed by atoms with Gasteiger partial charge in [0, 0.05) is 6.04 Å². The van der Waals surface area contributed by atoms with Crippen molar-refractivity contribution in [3.63, 3.8) is 0 Å². The highest BCUT2D eigenvalue weighted by atomic mass is 16.6. The Labute approximate surface area is 130 Å². The van der Waals surface area contributed by atoms with Gasteiger partial charge in [0.2, 0.25) is 0 Å². The molecular formula is C15H25NO6.